The quantitative estimate of drug-likeness (QED) is 0.545. The lowest BCUT2D eigenvalue weighted by Crippen LogP contribution is -2.25. The molecular formula is C9H4Br2O2. The maximum atomic E-state index is 11.6. The van der Waals surface area contributed by atoms with E-state index in [1.54, 1.807) is 24.3 Å². The summed E-state index contributed by atoms with van der Waals surface area (Å²) < 4.78 is -1.23. The first-order chi connectivity index (χ1) is 6.05. The Labute approximate surface area is 91.6 Å². The van der Waals surface area contributed by atoms with Crippen LogP contribution in [0.5, 0.6) is 0 Å². The second-order valence-corrected chi connectivity index (χ2v) is 6.22. The van der Waals surface area contributed by atoms with Crippen LogP contribution in [0.1, 0.15) is 20.7 Å². The predicted molar refractivity (Wildman–Crippen MR) is 55.7 cm³/mol. The van der Waals surface area contributed by atoms with Crippen LogP contribution in [0.25, 0.3) is 0 Å². The van der Waals surface area contributed by atoms with Crippen LogP contribution in [0, 0.1) is 0 Å². The number of benzene rings is 1. The van der Waals surface area contributed by atoms with E-state index in [4.69, 9.17) is 0 Å². The maximum Gasteiger partial charge on any atom is 0.205 e. The molecular weight excluding hydrogens is 300 g/mol. The maximum absolute atomic E-state index is 11.6. The summed E-state index contributed by atoms with van der Waals surface area (Å²) in [6.45, 7) is 0. The number of rotatable bonds is 0. The van der Waals surface area contributed by atoms with Crippen LogP contribution < -0.4 is 0 Å². The lowest BCUT2D eigenvalue weighted by Gasteiger charge is -2.06. The highest BCUT2D eigenvalue weighted by molar-refractivity contribution is 9.26. The Morgan fingerprint density at radius 3 is 1.69 bits per heavy atom. The molecule has 1 aliphatic rings. The second kappa shape index (κ2) is 2.75. The average Bonchev–Trinajstić information content (AvgIpc) is 2.30. The lowest BCUT2D eigenvalue weighted by atomic mass is 10.1. The van der Waals surface area contributed by atoms with Gasteiger partial charge in [-0.3, -0.25) is 9.59 Å². The number of ketones is 2. The summed E-state index contributed by atoms with van der Waals surface area (Å²) in [6, 6.07) is 6.79. The Balaban J connectivity index is 2.71. The normalized spacial score (nSPS) is 18.9. The van der Waals surface area contributed by atoms with Crippen LogP contribution in [0.4, 0.5) is 0 Å². The summed E-state index contributed by atoms with van der Waals surface area (Å²) in [7, 11) is 0. The third-order valence-corrected chi connectivity index (χ3v) is 3.43. The molecule has 0 radical (unpaired) electrons. The summed E-state index contributed by atoms with van der Waals surface area (Å²) in [5, 5.41) is 0. The van der Waals surface area contributed by atoms with E-state index in [2.05, 4.69) is 31.9 Å². The molecule has 0 bridgehead atoms. The van der Waals surface area contributed by atoms with Gasteiger partial charge in [-0.2, -0.15) is 0 Å². The van der Waals surface area contributed by atoms with Crippen molar-refractivity contribution in [3.8, 4) is 0 Å². The number of alkyl halides is 2. The number of Topliss-reactive ketones (excluding diaryl/α,β-unsaturated/α-hetero) is 2. The van der Waals surface area contributed by atoms with Gasteiger partial charge < -0.3 is 0 Å². The summed E-state index contributed by atoms with van der Waals surface area (Å²) >= 11 is 6.14. The minimum Gasteiger partial charge on any atom is -0.291 e. The van der Waals surface area contributed by atoms with E-state index in [1.807, 2.05) is 0 Å². The zero-order valence-electron chi connectivity index (χ0n) is 6.38. The predicted octanol–water partition coefficient (Wildman–Crippen LogP) is 2.55. The van der Waals surface area contributed by atoms with E-state index in [9.17, 15) is 9.59 Å². The molecule has 66 valence electrons. The summed E-state index contributed by atoms with van der Waals surface area (Å²) in [6.07, 6.45) is 0. The molecule has 0 spiro atoms. The molecule has 0 heterocycles. The van der Waals surface area contributed by atoms with Gasteiger partial charge in [-0.15, -0.1) is 0 Å². The van der Waals surface area contributed by atoms with Crippen LogP contribution in [-0.4, -0.2) is 14.8 Å². The SMILES string of the molecule is O=C1c2ccccc2C(=O)C1(Br)Br. The van der Waals surface area contributed by atoms with E-state index in [0.717, 1.165) is 0 Å². The monoisotopic (exact) mass is 302 g/mol. The molecule has 2 rings (SSSR count). The molecule has 0 aromatic heterocycles. The van der Waals surface area contributed by atoms with Gasteiger partial charge in [-0.25, -0.2) is 0 Å². The molecule has 4 heteroatoms. The van der Waals surface area contributed by atoms with Crippen molar-refractivity contribution in [1.29, 1.82) is 0 Å². The van der Waals surface area contributed by atoms with Gasteiger partial charge in [-0.1, -0.05) is 56.1 Å². The van der Waals surface area contributed by atoms with Crippen molar-refractivity contribution in [2.45, 2.75) is 3.23 Å². The van der Waals surface area contributed by atoms with E-state index in [1.165, 1.54) is 0 Å². The summed E-state index contributed by atoms with van der Waals surface area (Å²) in [4.78, 5) is 23.2. The van der Waals surface area contributed by atoms with E-state index < -0.39 is 3.23 Å². The molecule has 0 N–H and O–H groups in total. The van der Waals surface area contributed by atoms with Crippen molar-refractivity contribution < 1.29 is 9.59 Å². The highest BCUT2D eigenvalue weighted by Gasteiger charge is 2.49. The van der Waals surface area contributed by atoms with Crippen LogP contribution in [0.15, 0.2) is 24.3 Å². The number of halogens is 2. The lowest BCUT2D eigenvalue weighted by molar-refractivity contribution is 0.0922. The fourth-order valence-corrected chi connectivity index (χ4v) is 2.17. The van der Waals surface area contributed by atoms with Crippen molar-refractivity contribution >= 4 is 43.4 Å². The molecule has 0 amide bonds. The third-order valence-electron chi connectivity index (χ3n) is 1.99. The Kier molecular flexibility index (Phi) is 1.92. The standard InChI is InChI=1S/C9H4Br2O2/c10-9(11)7(12)5-3-1-2-4-6(5)8(9)13/h1-4H. The largest absolute Gasteiger partial charge is 0.291 e. The van der Waals surface area contributed by atoms with Gasteiger partial charge in [0.25, 0.3) is 0 Å². The van der Waals surface area contributed by atoms with Crippen LogP contribution in [-0.2, 0) is 0 Å². The molecule has 1 aromatic carbocycles. The topological polar surface area (TPSA) is 34.1 Å². The fourth-order valence-electron chi connectivity index (χ4n) is 1.32. The van der Waals surface area contributed by atoms with Crippen molar-refractivity contribution in [1.82, 2.24) is 0 Å². The van der Waals surface area contributed by atoms with Gasteiger partial charge in [0.2, 0.25) is 3.23 Å². The molecule has 0 atom stereocenters. The van der Waals surface area contributed by atoms with Gasteiger partial charge in [-0.05, 0) is 0 Å². The number of carbonyl (C=O) groups is 2. The van der Waals surface area contributed by atoms with Gasteiger partial charge in [0.15, 0.2) is 11.6 Å². The van der Waals surface area contributed by atoms with Gasteiger partial charge in [0.05, 0.1) is 0 Å². The molecule has 1 aromatic rings. The Hall–Kier alpha value is -0.480. The molecule has 0 saturated carbocycles. The number of fused-ring (bicyclic) bond motifs is 1. The molecule has 0 unspecified atom stereocenters. The molecule has 0 saturated heterocycles. The van der Waals surface area contributed by atoms with E-state index in [-0.39, 0.29) is 11.6 Å². The van der Waals surface area contributed by atoms with Gasteiger partial charge >= 0.3 is 0 Å². The van der Waals surface area contributed by atoms with E-state index in [0.29, 0.717) is 11.1 Å². The number of carbonyl (C=O) groups excluding carboxylic acids is 2. The molecule has 0 aliphatic heterocycles. The Morgan fingerprint density at radius 2 is 1.31 bits per heavy atom. The molecule has 1 aliphatic carbocycles. The number of hydrogen-bond donors (Lipinski definition) is 0. The van der Waals surface area contributed by atoms with Crippen LogP contribution in [0.2, 0.25) is 0 Å². The van der Waals surface area contributed by atoms with Gasteiger partial charge in [0, 0.05) is 11.1 Å². The zero-order chi connectivity index (χ0) is 9.64. The van der Waals surface area contributed by atoms with Crippen molar-refractivity contribution in [3.05, 3.63) is 35.4 Å². The second-order valence-electron chi connectivity index (χ2n) is 2.78. The fraction of sp³-hybridized carbons (Fsp3) is 0.111. The first-order valence-electron chi connectivity index (χ1n) is 3.61. The van der Waals surface area contributed by atoms with Crippen LogP contribution in [0.3, 0.4) is 0 Å². The highest BCUT2D eigenvalue weighted by atomic mass is 79.9. The van der Waals surface area contributed by atoms with Crippen LogP contribution >= 0.6 is 31.9 Å². The third kappa shape index (κ3) is 1.12. The van der Waals surface area contributed by atoms with Gasteiger partial charge in [0.1, 0.15) is 0 Å². The molecule has 0 fully saturated rings. The minimum absolute atomic E-state index is 0.229. The van der Waals surface area contributed by atoms with E-state index >= 15 is 0 Å². The smallest absolute Gasteiger partial charge is 0.205 e. The first-order valence-corrected chi connectivity index (χ1v) is 5.20. The van der Waals surface area contributed by atoms with Crippen molar-refractivity contribution in [2.75, 3.05) is 0 Å². The summed E-state index contributed by atoms with van der Waals surface area (Å²) in [5.41, 5.74) is 0.947. The first kappa shape index (κ1) is 9.09. The average molecular weight is 304 g/mol. The van der Waals surface area contributed by atoms with Crippen molar-refractivity contribution in [2.24, 2.45) is 0 Å². The Bertz CT molecular complexity index is 373. The molecule has 2 nitrogen and oxygen atoms in total. The number of hydrogen-bond acceptors (Lipinski definition) is 2. The zero-order valence-corrected chi connectivity index (χ0v) is 9.55. The highest BCUT2D eigenvalue weighted by Crippen LogP contribution is 2.40. The Morgan fingerprint density at radius 1 is 0.923 bits per heavy atom. The van der Waals surface area contributed by atoms with Crippen molar-refractivity contribution in [3.63, 3.8) is 0 Å². The molecule has 13 heavy (non-hydrogen) atoms. The summed E-state index contributed by atoms with van der Waals surface area (Å²) in [5.74, 6) is -0.457. The minimum atomic E-state index is -1.23.